The molecule has 2 saturated carbocycles. The van der Waals surface area contributed by atoms with Gasteiger partial charge in [-0.1, -0.05) is 22.4 Å². The van der Waals surface area contributed by atoms with Crippen LogP contribution in [0.3, 0.4) is 0 Å². The maximum Gasteiger partial charge on any atom is 0.257 e. The van der Waals surface area contributed by atoms with Gasteiger partial charge >= 0.3 is 0 Å². The molecule has 0 heterocycles. The van der Waals surface area contributed by atoms with E-state index in [0.717, 1.165) is 24.5 Å². The molecule has 2 nitrogen and oxygen atoms in total. The predicted octanol–water partition coefficient (Wildman–Crippen LogP) is 4.28. The zero-order valence-electron chi connectivity index (χ0n) is 11.8. The van der Waals surface area contributed by atoms with E-state index in [9.17, 15) is 13.6 Å². The lowest BCUT2D eigenvalue weighted by atomic mass is 9.84. The zero-order chi connectivity index (χ0) is 15.1. The SMILES string of the molecule is CC(NC(=O)c1c(F)cc(Br)cc1F)C1CC2CCC1C2. The highest BCUT2D eigenvalue weighted by Crippen LogP contribution is 2.49. The number of hydrogen-bond donors (Lipinski definition) is 1. The molecule has 2 fully saturated rings. The first-order valence-electron chi connectivity index (χ1n) is 7.41. The van der Waals surface area contributed by atoms with E-state index >= 15 is 0 Å². The van der Waals surface area contributed by atoms with Crippen LogP contribution in [0.1, 0.15) is 43.0 Å². The Bertz CT molecular complexity index is 554. The molecule has 0 aromatic heterocycles. The lowest BCUT2D eigenvalue weighted by molar-refractivity contribution is 0.0906. The van der Waals surface area contributed by atoms with Gasteiger partial charge in [-0.05, 0) is 56.1 Å². The molecule has 1 aromatic rings. The summed E-state index contributed by atoms with van der Waals surface area (Å²) in [4.78, 5) is 12.2. The largest absolute Gasteiger partial charge is 0.349 e. The molecule has 4 atom stereocenters. The average molecular weight is 358 g/mol. The quantitative estimate of drug-likeness (QED) is 0.859. The summed E-state index contributed by atoms with van der Waals surface area (Å²) in [7, 11) is 0. The molecule has 3 rings (SSSR count). The van der Waals surface area contributed by atoms with Crippen LogP contribution in [-0.4, -0.2) is 11.9 Å². The van der Waals surface area contributed by atoms with Crippen LogP contribution in [-0.2, 0) is 0 Å². The van der Waals surface area contributed by atoms with Crippen LogP contribution in [0.4, 0.5) is 8.78 Å². The third-order valence-corrected chi connectivity index (χ3v) is 5.49. The van der Waals surface area contributed by atoms with Crippen molar-refractivity contribution in [1.29, 1.82) is 0 Å². The van der Waals surface area contributed by atoms with Crippen LogP contribution >= 0.6 is 15.9 Å². The van der Waals surface area contributed by atoms with E-state index in [2.05, 4.69) is 21.2 Å². The third-order valence-electron chi connectivity index (χ3n) is 5.03. The number of benzene rings is 1. The highest BCUT2D eigenvalue weighted by atomic mass is 79.9. The Kier molecular flexibility index (Phi) is 4.04. The van der Waals surface area contributed by atoms with Crippen molar-refractivity contribution in [2.24, 2.45) is 17.8 Å². The standard InChI is InChI=1S/C16H18BrF2NO/c1-8(12-5-9-2-3-10(12)4-9)20-16(21)15-13(18)6-11(17)7-14(15)19/h6-10,12H,2-5H2,1H3,(H,20,21). The van der Waals surface area contributed by atoms with Gasteiger partial charge in [-0.25, -0.2) is 8.78 Å². The van der Waals surface area contributed by atoms with Crippen LogP contribution in [0.2, 0.25) is 0 Å². The molecule has 114 valence electrons. The average Bonchev–Trinajstić information content (AvgIpc) is 2.99. The van der Waals surface area contributed by atoms with Gasteiger partial charge < -0.3 is 5.32 Å². The van der Waals surface area contributed by atoms with E-state index in [1.807, 2.05) is 6.92 Å². The Hall–Kier alpha value is -0.970. The molecular weight excluding hydrogens is 340 g/mol. The summed E-state index contributed by atoms with van der Waals surface area (Å²) >= 11 is 3.01. The number of carbonyl (C=O) groups is 1. The minimum Gasteiger partial charge on any atom is -0.349 e. The fourth-order valence-corrected chi connectivity index (χ4v) is 4.45. The van der Waals surface area contributed by atoms with Crippen molar-refractivity contribution in [2.45, 2.75) is 38.6 Å². The fraction of sp³-hybridized carbons (Fsp3) is 0.562. The van der Waals surface area contributed by atoms with Gasteiger partial charge in [0, 0.05) is 10.5 Å². The van der Waals surface area contributed by atoms with E-state index in [4.69, 9.17) is 0 Å². The van der Waals surface area contributed by atoms with Crippen molar-refractivity contribution in [2.75, 3.05) is 0 Å². The van der Waals surface area contributed by atoms with Crippen molar-refractivity contribution in [3.8, 4) is 0 Å². The molecule has 5 heteroatoms. The summed E-state index contributed by atoms with van der Waals surface area (Å²) in [5, 5.41) is 2.79. The number of fused-ring (bicyclic) bond motifs is 2. The molecule has 1 N–H and O–H groups in total. The number of nitrogens with one attached hydrogen (secondary N) is 1. The van der Waals surface area contributed by atoms with E-state index in [0.29, 0.717) is 11.8 Å². The first kappa shape index (κ1) is 14.9. The van der Waals surface area contributed by atoms with Gasteiger partial charge in [0.15, 0.2) is 0 Å². The highest BCUT2D eigenvalue weighted by molar-refractivity contribution is 9.10. The zero-order valence-corrected chi connectivity index (χ0v) is 13.4. The van der Waals surface area contributed by atoms with E-state index in [1.54, 1.807) is 0 Å². The van der Waals surface area contributed by atoms with Gasteiger partial charge in [0.25, 0.3) is 5.91 Å². The second-order valence-electron chi connectivity index (χ2n) is 6.35. The number of rotatable bonds is 3. The molecule has 0 radical (unpaired) electrons. The Labute approximate surface area is 131 Å². The van der Waals surface area contributed by atoms with Gasteiger partial charge in [0.1, 0.15) is 17.2 Å². The van der Waals surface area contributed by atoms with Gasteiger partial charge in [-0.3, -0.25) is 4.79 Å². The Morgan fingerprint density at radius 3 is 2.48 bits per heavy atom. The van der Waals surface area contributed by atoms with Gasteiger partial charge in [0.2, 0.25) is 0 Å². The summed E-state index contributed by atoms with van der Waals surface area (Å²) in [6, 6.07) is 2.18. The van der Waals surface area contributed by atoms with E-state index < -0.39 is 23.1 Å². The van der Waals surface area contributed by atoms with Crippen molar-refractivity contribution < 1.29 is 13.6 Å². The summed E-state index contributed by atoms with van der Waals surface area (Å²) < 4.78 is 27.9. The van der Waals surface area contributed by atoms with Crippen LogP contribution in [0.15, 0.2) is 16.6 Å². The molecule has 2 bridgehead atoms. The molecule has 0 spiro atoms. The number of amides is 1. The Morgan fingerprint density at radius 1 is 1.29 bits per heavy atom. The third kappa shape index (κ3) is 2.85. The summed E-state index contributed by atoms with van der Waals surface area (Å²) in [6.45, 7) is 1.94. The van der Waals surface area contributed by atoms with Crippen molar-refractivity contribution in [3.63, 3.8) is 0 Å². The van der Waals surface area contributed by atoms with Crippen LogP contribution < -0.4 is 5.32 Å². The molecule has 21 heavy (non-hydrogen) atoms. The van der Waals surface area contributed by atoms with Gasteiger partial charge in [-0.2, -0.15) is 0 Å². The monoisotopic (exact) mass is 357 g/mol. The van der Waals surface area contributed by atoms with Gasteiger partial charge in [0.05, 0.1) is 0 Å². The van der Waals surface area contributed by atoms with Crippen LogP contribution in [0.5, 0.6) is 0 Å². The molecule has 1 aromatic carbocycles. The maximum absolute atomic E-state index is 13.8. The van der Waals surface area contributed by atoms with E-state index in [1.165, 1.54) is 19.3 Å². The first-order valence-corrected chi connectivity index (χ1v) is 8.20. The molecule has 2 aliphatic carbocycles. The fourth-order valence-electron chi connectivity index (χ4n) is 4.05. The van der Waals surface area contributed by atoms with Gasteiger partial charge in [-0.15, -0.1) is 0 Å². The lowest BCUT2D eigenvalue weighted by Gasteiger charge is -2.28. The minimum atomic E-state index is -0.834. The smallest absolute Gasteiger partial charge is 0.257 e. The molecule has 2 aliphatic rings. The minimum absolute atomic E-state index is 0.0461. The molecule has 4 unspecified atom stereocenters. The Morgan fingerprint density at radius 2 is 1.95 bits per heavy atom. The maximum atomic E-state index is 13.8. The lowest BCUT2D eigenvalue weighted by Crippen LogP contribution is -2.40. The Balaban J connectivity index is 1.72. The number of carbonyl (C=O) groups excluding carboxylic acids is 1. The van der Waals surface area contributed by atoms with Crippen LogP contribution in [0, 0.1) is 29.4 Å². The number of halogens is 3. The van der Waals surface area contributed by atoms with Crippen LogP contribution in [0.25, 0.3) is 0 Å². The normalized spacial score (nSPS) is 28.7. The summed E-state index contributed by atoms with van der Waals surface area (Å²) in [5.41, 5.74) is -0.492. The second kappa shape index (κ2) is 5.67. The topological polar surface area (TPSA) is 29.1 Å². The number of hydrogen-bond acceptors (Lipinski definition) is 1. The predicted molar refractivity (Wildman–Crippen MR) is 79.9 cm³/mol. The second-order valence-corrected chi connectivity index (χ2v) is 7.26. The van der Waals surface area contributed by atoms with Crippen molar-refractivity contribution in [3.05, 3.63) is 33.8 Å². The summed E-state index contributed by atoms with van der Waals surface area (Å²) in [6.07, 6.45) is 4.87. The van der Waals surface area contributed by atoms with E-state index in [-0.39, 0.29) is 10.5 Å². The van der Waals surface area contributed by atoms with Crippen molar-refractivity contribution in [1.82, 2.24) is 5.32 Å². The molecule has 0 saturated heterocycles. The molecular formula is C16H18BrF2NO. The molecule has 0 aliphatic heterocycles. The first-order chi connectivity index (χ1) is 9.95. The summed E-state index contributed by atoms with van der Waals surface area (Å²) in [5.74, 6) is -0.452. The molecule has 1 amide bonds. The van der Waals surface area contributed by atoms with Crippen molar-refractivity contribution >= 4 is 21.8 Å². The highest BCUT2D eigenvalue weighted by Gasteiger charge is 2.42.